The van der Waals surface area contributed by atoms with Crippen LogP contribution in [-0.4, -0.2) is 35.5 Å². The Hall–Kier alpha value is -3.72. The molecule has 2 N–H and O–H groups in total. The normalized spacial score (nSPS) is 17.7. The number of nitrogens with zero attached hydrogens (tertiary/aromatic N) is 3. The SMILES string of the molecule is COc1ccc(N2NOC(=O)/C2=C(/O)N=C2C=CC(=NC(C)=O)C=C2)cc1. The molecule has 0 spiro atoms. The van der Waals surface area contributed by atoms with Gasteiger partial charge >= 0.3 is 5.97 Å². The highest BCUT2D eigenvalue weighted by atomic mass is 16.7. The van der Waals surface area contributed by atoms with Gasteiger partial charge in [-0.1, -0.05) is 5.59 Å². The molecule has 1 aromatic carbocycles. The Morgan fingerprint density at radius 2 is 1.70 bits per heavy atom. The molecule has 1 aromatic rings. The van der Waals surface area contributed by atoms with Gasteiger partial charge in [-0.15, -0.1) is 0 Å². The molecule has 0 aromatic heterocycles. The third kappa shape index (κ3) is 4.10. The lowest BCUT2D eigenvalue weighted by molar-refractivity contribution is -0.140. The van der Waals surface area contributed by atoms with Crippen molar-refractivity contribution in [3.63, 3.8) is 0 Å². The van der Waals surface area contributed by atoms with Gasteiger partial charge in [0.1, 0.15) is 5.75 Å². The number of carbonyl (C=O) groups is 2. The first-order valence-electron chi connectivity index (χ1n) is 7.86. The smallest absolute Gasteiger partial charge is 0.382 e. The summed E-state index contributed by atoms with van der Waals surface area (Å²) in [5.41, 5.74) is 3.63. The van der Waals surface area contributed by atoms with Crippen LogP contribution in [0.4, 0.5) is 5.69 Å². The number of aliphatic imine (C=N–C) groups is 2. The van der Waals surface area contributed by atoms with Crippen LogP contribution in [0.3, 0.4) is 0 Å². The zero-order valence-electron chi connectivity index (χ0n) is 14.5. The molecule has 138 valence electrons. The molecule has 9 heteroatoms. The van der Waals surface area contributed by atoms with Crippen LogP contribution in [0.25, 0.3) is 0 Å². The van der Waals surface area contributed by atoms with Crippen LogP contribution in [0.1, 0.15) is 6.92 Å². The molecule has 1 aliphatic heterocycles. The maximum absolute atomic E-state index is 12.0. The van der Waals surface area contributed by atoms with Crippen LogP contribution >= 0.6 is 0 Å². The minimum absolute atomic E-state index is 0.169. The Morgan fingerprint density at radius 1 is 1.11 bits per heavy atom. The molecular formula is C18H16N4O5. The first-order valence-corrected chi connectivity index (χ1v) is 7.86. The number of carbonyl (C=O) groups excluding carboxylic acids is 2. The van der Waals surface area contributed by atoms with E-state index in [9.17, 15) is 14.7 Å². The van der Waals surface area contributed by atoms with Gasteiger partial charge in [-0.05, 0) is 48.6 Å². The van der Waals surface area contributed by atoms with Crippen molar-refractivity contribution < 1.29 is 24.3 Å². The van der Waals surface area contributed by atoms with Gasteiger partial charge in [0.05, 0.1) is 24.2 Å². The number of hydrogen-bond donors (Lipinski definition) is 2. The van der Waals surface area contributed by atoms with Gasteiger partial charge in [-0.25, -0.2) is 19.8 Å². The summed E-state index contributed by atoms with van der Waals surface area (Å²) in [6.07, 6.45) is 6.27. The molecule has 0 bridgehead atoms. The minimum Gasteiger partial charge on any atom is -0.497 e. The van der Waals surface area contributed by atoms with E-state index in [1.165, 1.54) is 11.9 Å². The van der Waals surface area contributed by atoms with Crippen LogP contribution in [0.5, 0.6) is 5.75 Å². The van der Waals surface area contributed by atoms with E-state index in [1.807, 2.05) is 0 Å². The summed E-state index contributed by atoms with van der Waals surface area (Å²) < 4.78 is 5.09. The molecule has 2 aliphatic rings. The number of rotatable bonds is 3. The van der Waals surface area contributed by atoms with Crippen molar-refractivity contribution in [3.05, 3.63) is 60.1 Å². The second kappa shape index (κ2) is 7.67. The van der Waals surface area contributed by atoms with Crippen LogP contribution in [0.15, 0.2) is 70.1 Å². The lowest BCUT2D eigenvalue weighted by Gasteiger charge is -2.15. The fourth-order valence-electron chi connectivity index (χ4n) is 2.34. The molecule has 9 nitrogen and oxygen atoms in total. The van der Waals surface area contributed by atoms with E-state index in [2.05, 4.69) is 15.6 Å². The summed E-state index contributed by atoms with van der Waals surface area (Å²) in [5.74, 6) is -0.993. The maximum atomic E-state index is 12.0. The predicted octanol–water partition coefficient (Wildman–Crippen LogP) is 1.76. The van der Waals surface area contributed by atoms with Gasteiger partial charge in [0.2, 0.25) is 17.5 Å². The van der Waals surface area contributed by atoms with E-state index in [1.54, 1.807) is 55.7 Å². The molecule has 1 fully saturated rings. The quantitative estimate of drug-likeness (QED) is 0.475. The molecule has 1 saturated heterocycles. The van der Waals surface area contributed by atoms with Crippen molar-refractivity contribution >= 4 is 29.0 Å². The Morgan fingerprint density at radius 3 is 2.26 bits per heavy atom. The molecule has 27 heavy (non-hydrogen) atoms. The number of anilines is 1. The number of aliphatic hydroxyl groups excluding tert-OH is 1. The van der Waals surface area contributed by atoms with Crippen molar-refractivity contribution in [1.29, 1.82) is 0 Å². The van der Waals surface area contributed by atoms with Crippen LogP contribution < -0.4 is 15.3 Å². The summed E-state index contributed by atoms with van der Waals surface area (Å²) in [5, 5.41) is 11.6. The lowest BCUT2D eigenvalue weighted by Crippen LogP contribution is -2.29. The number of nitrogens with one attached hydrogen (secondary N) is 1. The van der Waals surface area contributed by atoms with E-state index in [4.69, 9.17) is 9.57 Å². The highest BCUT2D eigenvalue weighted by Gasteiger charge is 2.33. The number of hydrazine groups is 1. The fraction of sp³-hybridized carbons (Fsp3) is 0.111. The Labute approximate surface area is 154 Å². The van der Waals surface area contributed by atoms with E-state index in [-0.39, 0.29) is 11.6 Å². The second-order valence-electron chi connectivity index (χ2n) is 5.45. The number of methoxy groups -OCH3 is 1. The molecule has 3 rings (SSSR count). The van der Waals surface area contributed by atoms with Crippen molar-refractivity contribution in [2.24, 2.45) is 9.98 Å². The molecular weight excluding hydrogens is 352 g/mol. The van der Waals surface area contributed by atoms with Crippen LogP contribution in [0.2, 0.25) is 0 Å². The monoisotopic (exact) mass is 368 g/mol. The molecule has 1 aliphatic carbocycles. The standard InChI is InChI=1S/C18H16N4O5/c1-11(23)19-12-3-5-13(6-4-12)20-17(24)16-18(25)27-21-22(16)14-7-9-15(26-2)10-8-14/h3-10,21,24H,1-2H3/b17-16-,19-12?,20-13?. The number of ether oxygens (including phenoxy) is 1. The highest BCUT2D eigenvalue weighted by molar-refractivity contribution is 6.20. The Bertz CT molecular complexity index is 908. The average Bonchev–Trinajstić information content (AvgIpc) is 3.04. The molecule has 1 heterocycles. The first-order chi connectivity index (χ1) is 13.0. The lowest BCUT2D eigenvalue weighted by atomic mass is 10.1. The molecule has 1 amide bonds. The van der Waals surface area contributed by atoms with Gasteiger partial charge in [0, 0.05) is 6.92 Å². The molecule has 0 saturated carbocycles. The second-order valence-corrected chi connectivity index (χ2v) is 5.45. The van der Waals surface area contributed by atoms with E-state index in [0.717, 1.165) is 0 Å². The molecule has 0 radical (unpaired) electrons. The Kier molecular flexibility index (Phi) is 5.13. The van der Waals surface area contributed by atoms with Gasteiger partial charge in [-0.2, -0.15) is 0 Å². The van der Waals surface area contributed by atoms with Gasteiger partial charge in [-0.3, -0.25) is 4.79 Å². The van der Waals surface area contributed by atoms with Gasteiger partial charge < -0.3 is 14.7 Å². The highest BCUT2D eigenvalue weighted by Crippen LogP contribution is 2.26. The summed E-state index contributed by atoms with van der Waals surface area (Å²) >= 11 is 0. The molecule has 0 atom stereocenters. The average molecular weight is 368 g/mol. The van der Waals surface area contributed by atoms with Crippen molar-refractivity contribution in [2.75, 3.05) is 12.1 Å². The third-order valence-electron chi connectivity index (χ3n) is 3.56. The zero-order chi connectivity index (χ0) is 19.4. The number of amides is 1. The van der Waals surface area contributed by atoms with Crippen molar-refractivity contribution in [1.82, 2.24) is 5.59 Å². The summed E-state index contributed by atoms with van der Waals surface area (Å²) in [6, 6.07) is 6.75. The van der Waals surface area contributed by atoms with E-state index >= 15 is 0 Å². The first kappa shape index (κ1) is 18.1. The topological polar surface area (TPSA) is 113 Å². The number of aliphatic hydroxyl groups is 1. The summed E-state index contributed by atoms with van der Waals surface area (Å²) in [4.78, 5) is 35.6. The van der Waals surface area contributed by atoms with Crippen molar-refractivity contribution in [2.45, 2.75) is 6.92 Å². The van der Waals surface area contributed by atoms with Gasteiger partial charge in [0.25, 0.3) is 0 Å². The summed E-state index contributed by atoms with van der Waals surface area (Å²) in [7, 11) is 1.54. The predicted molar refractivity (Wildman–Crippen MR) is 98.2 cm³/mol. The van der Waals surface area contributed by atoms with Gasteiger partial charge in [0.15, 0.2) is 0 Å². The largest absolute Gasteiger partial charge is 0.497 e. The van der Waals surface area contributed by atoms with E-state index < -0.39 is 11.9 Å². The zero-order valence-corrected chi connectivity index (χ0v) is 14.5. The van der Waals surface area contributed by atoms with Crippen molar-refractivity contribution in [3.8, 4) is 5.75 Å². The number of benzene rings is 1. The number of hydrogen-bond acceptors (Lipinski definition) is 8. The summed E-state index contributed by atoms with van der Waals surface area (Å²) in [6.45, 7) is 1.35. The van der Waals surface area contributed by atoms with Crippen LogP contribution in [0, 0.1) is 0 Å². The maximum Gasteiger partial charge on any atom is 0.382 e. The van der Waals surface area contributed by atoms with E-state index in [0.29, 0.717) is 22.9 Å². The third-order valence-corrected chi connectivity index (χ3v) is 3.56. The number of allylic oxidation sites excluding steroid dienone is 4. The minimum atomic E-state index is -0.782. The molecule has 0 unspecified atom stereocenters. The van der Waals surface area contributed by atoms with Crippen LogP contribution in [-0.2, 0) is 14.4 Å². The fourth-order valence-corrected chi connectivity index (χ4v) is 2.34. The Balaban J connectivity index is 1.89.